The third kappa shape index (κ3) is 2.32. The summed E-state index contributed by atoms with van der Waals surface area (Å²) >= 11 is 6.10. The molecule has 4 N–H and O–H groups in total. The molecule has 1 aliphatic rings. The molecule has 4 nitrogen and oxygen atoms in total. The third-order valence-electron chi connectivity index (χ3n) is 3.32. The normalized spacial score (nSPS) is 32.9. The van der Waals surface area contributed by atoms with E-state index in [2.05, 4.69) is 5.32 Å². The quantitative estimate of drug-likeness (QED) is 0.629. The van der Waals surface area contributed by atoms with Crippen LogP contribution in [0, 0.1) is 5.92 Å². The maximum Gasteiger partial charge on any atom is 0.0784 e. The first-order valence-corrected chi connectivity index (χ1v) is 5.97. The van der Waals surface area contributed by atoms with Crippen LogP contribution in [0.2, 0.25) is 5.02 Å². The van der Waals surface area contributed by atoms with Crippen LogP contribution in [0.5, 0.6) is 0 Å². The number of aliphatic hydroxyl groups excluding tert-OH is 3. The molecule has 94 valence electrons. The molecule has 1 aromatic rings. The van der Waals surface area contributed by atoms with Crippen LogP contribution >= 0.6 is 11.6 Å². The van der Waals surface area contributed by atoms with Crippen molar-refractivity contribution in [3.8, 4) is 0 Å². The fourth-order valence-electron chi connectivity index (χ4n) is 2.37. The van der Waals surface area contributed by atoms with E-state index in [1.165, 1.54) is 0 Å². The van der Waals surface area contributed by atoms with Crippen LogP contribution in [0.1, 0.15) is 11.6 Å². The third-order valence-corrected chi connectivity index (χ3v) is 3.66. The zero-order valence-corrected chi connectivity index (χ0v) is 10.0. The second kappa shape index (κ2) is 5.33. The van der Waals surface area contributed by atoms with E-state index < -0.39 is 12.1 Å². The average molecular weight is 258 g/mol. The maximum absolute atomic E-state index is 9.95. The van der Waals surface area contributed by atoms with Gasteiger partial charge in [-0.25, -0.2) is 0 Å². The smallest absolute Gasteiger partial charge is 0.0784 e. The molecule has 0 bridgehead atoms. The molecular formula is C12H16ClNO3. The summed E-state index contributed by atoms with van der Waals surface area (Å²) in [5.74, 6) is -0.355. The Bertz CT molecular complexity index is 388. The van der Waals surface area contributed by atoms with Gasteiger partial charge in [-0.3, -0.25) is 0 Å². The molecule has 0 aliphatic carbocycles. The molecule has 1 saturated heterocycles. The van der Waals surface area contributed by atoms with Crippen LogP contribution in [-0.4, -0.2) is 40.7 Å². The van der Waals surface area contributed by atoms with Gasteiger partial charge in [-0.15, -0.1) is 0 Å². The fourth-order valence-corrected chi connectivity index (χ4v) is 2.62. The number of nitrogens with one attached hydrogen (secondary N) is 1. The van der Waals surface area contributed by atoms with E-state index in [1.54, 1.807) is 6.07 Å². The molecule has 1 fully saturated rings. The van der Waals surface area contributed by atoms with E-state index in [1.807, 2.05) is 18.2 Å². The Morgan fingerprint density at radius 3 is 2.47 bits per heavy atom. The molecule has 2 rings (SSSR count). The number of rotatable bonds is 3. The van der Waals surface area contributed by atoms with Crippen molar-refractivity contribution in [3.63, 3.8) is 0 Å². The van der Waals surface area contributed by atoms with Crippen LogP contribution in [0.15, 0.2) is 24.3 Å². The molecule has 0 unspecified atom stereocenters. The number of aliphatic hydroxyl groups is 3. The van der Waals surface area contributed by atoms with Gasteiger partial charge in [-0.2, -0.15) is 0 Å². The molecule has 0 amide bonds. The molecule has 0 radical (unpaired) electrons. The minimum absolute atomic E-state index is 0.152. The molecule has 1 aromatic carbocycles. The van der Waals surface area contributed by atoms with Gasteiger partial charge in [0, 0.05) is 17.0 Å². The van der Waals surface area contributed by atoms with Gasteiger partial charge >= 0.3 is 0 Å². The lowest BCUT2D eigenvalue weighted by Crippen LogP contribution is -2.35. The van der Waals surface area contributed by atoms with Crippen LogP contribution in [0.3, 0.4) is 0 Å². The van der Waals surface area contributed by atoms with Crippen molar-refractivity contribution in [2.45, 2.75) is 18.2 Å². The lowest BCUT2D eigenvalue weighted by atomic mass is 9.92. The highest BCUT2D eigenvalue weighted by Crippen LogP contribution is 2.35. The van der Waals surface area contributed by atoms with Crippen LogP contribution < -0.4 is 5.32 Å². The number of hydrogen-bond donors (Lipinski definition) is 4. The lowest BCUT2D eigenvalue weighted by molar-refractivity contribution is 0.0599. The van der Waals surface area contributed by atoms with Crippen molar-refractivity contribution in [1.29, 1.82) is 0 Å². The van der Waals surface area contributed by atoms with E-state index in [9.17, 15) is 10.2 Å². The van der Waals surface area contributed by atoms with Crippen molar-refractivity contribution in [2.24, 2.45) is 5.92 Å². The Balaban J connectivity index is 2.29. The van der Waals surface area contributed by atoms with Gasteiger partial charge in [0.15, 0.2) is 0 Å². The molecule has 0 aromatic heterocycles. The second-order valence-electron chi connectivity index (χ2n) is 4.29. The Hall–Kier alpha value is -0.650. The van der Waals surface area contributed by atoms with E-state index in [0.29, 0.717) is 5.02 Å². The zero-order chi connectivity index (χ0) is 12.4. The second-order valence-corrected chi connectivity index (χ2v) is 4.70. The SMILES string of the molecule is OC[C@H]1[C@H](O)[C@@H](CO)N[C@H]1c1ccccc1Cl. The molecule has 1 heterocycles. The maximum atomic E-state index is 9.95. The van der Waals surface area contributed by atoms with Crippen LogP contribution in [-0.2, 0) is 0 Å². The van der Waals surface area contributed by atoms with Crippen LogP contribution in [0.4, 0.5) is 0 Å². The standard InChI is InChI=1S/C12H16ClNO3/c13-9-4-2-1-3-7(9)11-8(5-15)12(17)10(6-16)14-11/h1-4,8,10-12,14-17H,5-6H2/t8-,10-,11+,12+/m1/s1. The van der Waals surface area contributed by atoms with Gasteiger partial charge in [0.05, 0.1) is 25.4 Å². The largest absolute Gasteiger partial charge is 0.396 e. The van der Waals surface area contributed by atoms with Gasteiger partial charge in [0.2, 0.25) is 0 Å². The predicted molar refractivity (Wildman–Crippen MR) is 64.8 cm³/mol. The molecule has 0 saturated carbocycles. The van der Waals surface area contributed by atoms with Gasteiger partial charge in [0.1, 0.15) is 0 Å². The van der Waals surface area contributed by atoms with Gasteiger partial charge in [-0.1, -0.05) is 29.8 Å². The lowest BCUT2D eigenvalue weighted by Gasteiger charge is -2.20. The van der Waals surface area contributed by atoms with Gasteiger partial charge in [-0.05, 0) is 11.6 Å². The van der Waals surface area contributed by atoms with Gasteiger partial charge < -0.3 is 20.6 Å². The molecule has 4 atom stereocenters. The summed E-state index contributed by atoms with van der Waals surface area (Å²) < 4.78 is 0. The summed E-state index contributed by atoms with van der Waals surface area (Å²) in [7, 11) is 0. The van der Waals surface area contributed by atoms with Gasteiger partial charge in [0.25, 0.3) is 0 Å². The Labute approximate surface area is 105 Å². The predicted octanol–water partition coefficient (Wildman–Crippen LogP) is 0.315. The summed E-state index contributed by atoms with van der Waals surface area (Å²) in [6, 6.07) is 6.65. The first-order chi connectivity index (χ1) is 8.19. The van der Waals surface area contributed by atoms with E-state index >= 15 is 0 Å². The van der Waals surface area contributed by atoms with E-state index in [0.717, 1.165) is 5.56 Å². The minimum Gasteiger partial charge on any atom is -0.396 e. The Morgan fingerprint density at radius 1 is 1.18 bits per heavy atom. The Morgan fingerprint density at radius 2 is 1.88 bits per heavy atom. The first kappa shape index (κ1) is 12.8. The summed E-state index contributed by atoms with van der Waals surface area (Å²) in [5, 5.41) is 32.1. The number of benzene rings is 1. The van der Waals surface area contributed by atoms with Crippen molar-refractivity contribution >= 4 is 11.6 Å². The summed E-state index contributed by atoms with van der Waals surface area (Å²) in [5.41, 5.74) is 0.836. The number of halogens is 1. The summed E-state index contributed by atoms with van der Waals surface area (Å²) in [6.45, 7) is -0.320. The topological polar surface area (TPSA) is 72.7 Å². The molecule has 1 aliphatic heterocycles. The minimum atomic E-state index is -0.772. The highest BCUT2D eigenvalue weighted by molar-refractivity contribution is 6.31. The first-order valence-electron chi connectivity index (χ1n) is 5.59. The zero-order valence-electron chi connectivity index (χ0n) is 9.25. The van der Waals surface area contributed by atoms with Crippen molar-refractivity contribution in [3.05, 3.63) is 34.9 Å². The monoisotopic (exact) mass is 257 g/mol. The molecule has 5 heteroatoms. The Kier molecular flexibility index (Phi) is 4.01. The summed E-state index contributed by atoms with van der Waals surface area (Å²) in [4.78, 5) is 0. The average Bonchev–Trinajstić information content (AvgIpc) is 2.66. The fraction of sp³-hybridized carbons (Fsp3) is 0.500. The number of hydrogen-bond acceptors (Lipinski definition) is 4. The van der Waals surface area contributed by atoms with Crippen LogP contribution in [0.25, 0.3) is 0 Å². The van der Waals surface area contributed by atoms with Crippen molar-refractivity contribution in [2.75, 3.05) is 13.2 Å². The highest BCUT2D eigenvalue weighted by Gasteiger charge is 2.42. The highest BCUT2D eigenvalue weighted by atomic mass is 35.5. The molecular weight excluding hydrogens is 242 g/mol. The van der Waals surface area contributed by atoms with E-state index in [-0.39, 0.29) is 25.2 Å². The summed E-state index contributed by atoms with van der Waals surface area (Å²) in [6.07, 6.45) is -0.772. The van der Waals surface area contributed by atoms with E-state index in [4.69, 9.17) is 16.7 Å². The van der Waals surface area contributed by atoms with Crippen molar-refractivity contribution in [1.82, 2.24) is 5.32 Å². The van der Waals surface area contributed by atoms with Crippen molar-refractivity contribution < 1.29 is 15.3 Å². The molecule has 17 heavy (non-hydrogen) atoms. The molecule has 0 spiro atoms.